The Morgan fingerprint density at radius 2 is 2.33 bits per heavy atom. The minimum Gasteiger partial charge on any atom is -0.370 e. The average Bonchev–Trinajstić information content (AvgIpc) is 2.89. The second-order valence-electron chi connectivity index (χ2n) is 5.21. The third-order valence-electron chi connectivity index (χ3n) is 3.52. The average molecular weight is 249 g/mol. The van der Waals surface area contributed by atoms with Gasteiger partial charge in [0.25, 0.3) is 0 Å². The molecule has 5 heteroatoms. The highest BCUT2D eigenvalue weighted by molar-refractivity contribution is 5.48. The number of nitrogens with zero attached hydrogens (tertiary/aromatic N) is 3. The SMILES string of the molecule is CC(C)N(C)c1cc(NCC2CCNC2)ncn1. The van der Waals surface area contributed by atoms with E-state index in [2.05, 4.69) is 46.4 Å². The van der Waals surface area contributed by atoms with Crippen LogP contribution in [0.2, 0.25) is 0 Å². The molecule has 2 heterocycles. The van der Waals surface area contributed by atoms with Gasteiger partial charge in [-0.15, -0.1) is 0 Å². The summed E-state index contributed by atoms with van der Waals surface area (Å²) in [6.45, 7) is 7.53. The predicted octanol–water partition coefficient (Wildman–Crippen LogP) is 1.34. The minimum atomic E-state index is 0.437. The lowest BCUT2D eigenvalue weighted by Crippen LogP contribution is -2.26. The molecule has 2 rings (SSSR count). The topological polar surface area (TPSA) is 53.1 Å². The van der Waals surface area contributed by atoms with E-state index in [0.717, 1.165) is 31.3 Å². The number of hydrogen-bond donors (Lipinski definition) is 2. The van der Waals surface area contributed by atoms with Gasteiger partial charge < -0.3 is 15.5 Å². The summed E-state index contributed by atoms with van der Waals surface area (Å²) in [5.74, 6) is 2.60. The van der Waals surface area contributed by atoms with Crippen LogP contribution >= 0.6 is 0 Å². The van der Waals surface area contributed by atoms with Crippen molar-refractivity contribution < 1.29 is 0 Å². The van der Waals surface area contributed by atoms with Crippen molar-refractivity contribution in [2.24, 2.45) is 5.92 Å². The fourth-order valence-corrected chi connectivity index (χ4v) is 2.04. The molecule has 1 unspecified atom stereocenters. The first kappa shape index (κ1) is 13.1. The first-order valence-electron chi connectivity index (χ1n) is 6.66. The number of rotatable bonds is 5. The summed E-state index contributed by atoms with van der Waals surface area (Å²) in [5, 5.41) is 6.78. The van der Waals surface area contributed by atoms with E-state index in [9.17, 15) is 0 Å². The van der Waals surface area contributed by atoms with Crippen LogP contribution in [-0.4, -0.2) is 42.7 Å². The Kier molecular flexibility index (Phi) is 4.36. The predicted molar refractivity (Wildman–Crippen MR) is 75.0 cm³/mol. The van der Waals surface area contributed by atoms with Crippen LogP contribution in [0.1, 0.15) is 20.3 Å². The van der Waals surface area contributed by atoms with Gasteiger partial charge in [0.05, 0.1) is 0 Å². The summed E-state index contributed by atoms with van der Waals surface area (Å²) in [5.41, 5.74) is 0. The Labute approximate surface area is 109 Å². The van der Waals surface area contributed by atoms with Gasteiger partial charge in [-0.2, -0.15) is 0 Å². The molecular formula is C13H23N5. The van der Waals surface area contributed by atoms with Gasteiger partial charge in [0.15, 0.2) is 0 Å². The van der Waals surface area contributed by atoms with Gasteiger partial charge in [-0.3, -0.25) is 0 Å². The van der Waals surface area contributed by atoms with Crippen LogP contribution in [0.15, 0.2) is 12.4 Å². The maximum atomic E-state index is 4.30. The van der Waals surface area contributed by atoms with E-state index in [1.165, 1.54) is 6.42 Å². The zero-order chi connectivity index (χ0) is 13.0. The first-order valence-corrected chi connectivity index (χ1v) is 6.66. The van der Waals surface area contributed by atoms with E-state index in [0.29, 0.717) is 12.0 Å². The van der Waals surface area contributed by atoms with E-state index in [-0.39, 0.29) is 0 Å². The molecule has 5 nitrogen and oxygen atoms in total. The molecule has 2 N–H and O–H groups in total. The molecule has 0 amide bonds. The number of nitrogens with one attached hydrogen (secondary N) is 2. The molecule has 1 aromatic heterocycles. The maximum Gasteiger partial charge on any atom is 0.134 e. The molecule has 1 saturated heterocycles. The van der Waals surface area contributed by atoms with E-state index in [4.69, 9.17) is 0 Å². The molecule has 0 bridgehead atoms. The summed E-state index contributed by atoms with van der Waals surface area (Å²) in [6.07, 6.45) is 2.88. The van der Waals surface area contributed by atoms with Crippen LogP contribution in [0.3, 0.4) is 0 Å². The molecule has 0 saturated carbocycles. The molecule has 0 spiro atoms. The van der Waals surface area contributed by atoms with Crippen LogP contribution in [0.5, 0.6) is 0 Å². The molecule has 100 valence electrons. The fourth-order valence-electron chi connectivity index (χ4n) is 2.04. The summed E-state index contributed by atoms with van der Waals surface area (Å²) in [6, 6.07) is 2.45. The van der Waals surface area contributed by atoms with Crippen LogP contribution in [0.4, 0.5) is 11.6 Å². The lowest BCUT2D eigenvalue weighted by atomic mass is 10.1. The summed E-state index contributed by atoms with van der Waals surface area (Å²) < 4.78 is 0. The molecular weight excluding hydrogens is 226 g/mol. The van der Waals surface area contributed by atoms with Gasteiger partial charge in [0, 0.05) is 25.7 Å². The van der Waals surface area contributed by atoms with Crippen LogP contribution in [0, 0.1) is 5.92 Å². The van der Waals surface area contributed by atoms with E-state index in [1.54, 1.807) is 6.33 Å². The highest BCUT2D eigenvalue weighted by Gasteiger charge is 2.14. The van der Waals surface area contributed by atoms with Gasteiger partial charge in [0.1, 0.15) is 18.0 Å². The Hall–Kier alpha value is -1.36. The largest absolute Gasteiger partial charge is 0.370 e. The number of aromatic nitrogens is 2. The van der Waals surface area contributed by atoms with Gasteiger partial charge in [-0.1, -0.05) is 0 Å². The van der Waals surface area contributed by atoms with Gasteiger partial charge >= 0.3 is 0 Å². The summed E-state index contributed by atoms with van der Waals surface area (Å²) >= 11 is 0. The van der Waals surface area contributed by atoms with Crippen molar-refractivity contribution in [2.45, 2.75) is 26.3 Å². The Bertz CT molecular complexity index is 373. The molecule has 1 aromatic rings. The Morgan fingerprint density at radius 3 is 3.00 bits per heavy atom. The molecule has 0 radical (unpaired) electrons. The third-order valence-corrected chi connectivity index (χ3v) is 3.52. The van der Waals surface area contributed by atoms with Crippen molar-refractivity contribution in [1.82, 2.24) is 15.3 Å². The fraction of sp³-hybridized carbons (Fsp3) is 0.692. The molecule has 0 aliphatic carbocycles. The normalized spacial score (nSPS) is 19.2. The number of anilines is 2. The van der Waals surface area contributed by atoms with Gasteiger partial charge in [0.2, 0.25) is 0 Å². The smallest absolute Gasteiger partial charge is 0.134 e. The molecule has 18 heavy (non-hydrogen) atoms. The van der Waals surface area contributed by atoms with Gasteiger partial charge in [-0.05, 0) is 39.3 Å². The Balaban J connectivity index is 1.94. The van der Waals surface area contributed by atoms with Crippen LogP contribution in [-0.2, 0) is 0 Å². The highest BCUT2D eigenvalue weighted by Crippen LogP contribution is 2.16. The standard InChI is InChI=1S/C13H23N5/c1-10(2)18(3)13-6-12(16-9-17-13)15-8-11-4-5-14-7-11/h6,9-11,14H,4-5,7-8H2,1-3H3,(H,15,16,17). The summed E-state index contributed by atoms with van der Waals surface area (Å²) in [4.78, 5) is 10.7. The molecule has 1 atom stereocenters. The zero-order valence-electron chi connectivity index (χ0n) is 11.5. The monoisotopic (exact) mass is 249 g/mol. The number of hydrogen-bond acceptors (Lipinski definition) is 5. The molecule has 0 aromatic carbocycles. The quantitative estimate of drug-likeness (QED) is 0.825. The van der Waals surface area contributed by atoms with Crippen molar-refractivity contribution in [3.05, 3.63) is 12.4 Å². The van der Waals surface area contributed by atoms with Crippen molar-refractivity contribution in [1.29, 1.82) is 0 Å². The summed E-state index contributed by atoms with van der Waals surface area (Å²) in [7, 11) is 2.05. The minimum absolute atomic E-state index is 0.437. The second-order valence-corrected chi connectivity index (χ2v) is 5.21. The lowest BCUT2D eigenvalue weighted by molar-refractivity contribution is 0.614. The van der Waals surface area contributed by atoms with Crippen LogP contribution in [0.25, 0.3) is 0 Å². The maximum absolute atomic E-state index is 4.30. The zero-order valence-corrected chi connectivity index (χ0v) is 11.5. The van der Waals surface area contributed by atoms with Gasteiger partial charge in [-0.25, -0.2) is 9.97 Å². The highest BCUT2D eigenvalue weighted by atomic mass is 15.2. The molecule has 1 aliphatic rings. The lowest BCUT2D eigenvalue weighted by Gasteiger charge is -2.22. The Morgan fingerprint density at radius 1 is 1.50 bits per heavy atom. The molecule has 1 aliphatic heterocycles. The van der Waals surface area contributed by atoms with Crippen molar-refractivity contribution >= 4 is 11.6 Å². The van der Waals surface area contributed by atoms with E-state index in [1.807, 2.05) is 6.07 Å². The first-order chi connectivity index (χ1) is 8.66. The van der Waals surface area contributed by atoms with E-state index >= 15 is 0 Å². The van der Waals surface area contributed by atoms with E-state index < -0.39 is 0 Å². The van der Waals surface area contributed by atoms with Crippen molar-refractivity contribution in [2.75, 3.05) is 36.9 Å². The third kappa shape index (κ3) is 3.32. The van der Waals surface area contributed by atoms with Crippen molar-refractivity contribution in [3.8, 4) is 0 Å². The second kappa shape index (κ2) is 6.00. The van der Waals surface area contributed by atoms with Crippen molar-refractivity contribution in [3.63, 3.8) is 0 Å². The van der Waals surface area contributed by atoms with Crippen LogP contribution < -0.4 is 15.5 Å². The molecule has 1 fully saturated rings.